The van der Waals surface area contributed by atoms with Gasteiger partial charge in [0.05, 0.1) is 28.4 Å². The number of rotatable bonds is 5. The molecule has 0 aliphatic heterocycles. The van der Waals surface area contributed by atoms with Gasteiger partial charge in [0.15, 0.2) is 6.10 Å². The lowest BCUT2D eigenvalue weighted by Gasteiger charge is -2.21. The third-order valence-corrected chi connectivity index (χ3v) is 4.75. The van der Waals surface area contributed by atoms with Crippen molar-refractivity contribution in [1.29, 1.82) is 5.26 Å². The topological polar surface area (TPSA) is 66.2 Å². The highest BCUT2D eigenvalue weighted by Crippen LogP contribution is 2.22. The molecule has 0 unspecified atom stereocenters. The zero-order valence-corrected chi connectivity index (χ0v) is 14.8. The number of likely N-dealkylation sites (N-methyl/N-ethyl adjacent to an activating group) is 1. The fourth-order valence-electron chi connectivity index (χ4n) is 2.44. The molecule has 1 heterocycles. The molecule has 0 aliphatic carbocycles. The molecule has 0 N–H and O–H groups in total. The predicted molar refractivity (Wildman–Crippen MR) is 97.3 cm³/mol. The molecule has 6 heteroatoms. The smallest absolute Gasteiger partial charge is 0.263 e. The summed E-state index contributed by atoms with van der Waals surface area (Å²) >= 11 is 1.59. The van der Waals surface area contributed by atoms with E-state index in [1.54, 1.807) is 54.5 Å². The molecule has 2 aromatic carbocycles. The first-order valence-electron chi connectivity index (χ1n) is 7.83. The molecule has 0 aliphatic rings. The lowest BCUT2D eigenvalue weighted by Crippen LogP contribution is -2.37. The molecular formula is C19H17N3O2S. The number of para-hydroxylation sites is 1. The SMILES string of the molecule is C[C@H](Oc1ccc(C#N)cc1)C(=O)N(C)Cc1nc2ccccc2s1. The Bertz CT molecular complexity index is 895. The standard InChI is InChI=1S/C19H17N3O2S/c1-13(24-15-9-7-14(11-20)8-10-15)19(23)22(2)12-18-21-16-5-3-4-6-17(16)25-18/h3-10,13H,12H2,1-2H3/t13-/m0/s1. The summed E-state index contributed by atoms with van der Waals surface area (Å²) in [6, 6.07) is 16.7. The maximum absolute atomic E-state index is 12.5. The molecule has 1 aromatic heterocycles. The summed E-state index contributed by atoms with van der Waals surface area (Å²) in [6.45, 7) is 2.16. The number of carbonyl (C=O) groups is 1. The molecule has 0 spiro atoms. The van der Waals surface area contributed by atoms with Gasteiger partial charge in [-0.3, -0.25) is 4.79 Å². The fraction of sp³-hybridized carbons (Fsp3) is 0.211. The molecule has 5 nitrogen and oxygen atoms in total. The Morgan fingerprint density at radius 3 is 2.68 bits per heavy atom. The number of benzene rings is 2. The van der Waals surface area contributed by atoms with E-state index in [0.717, 1.165) is 15.2 Å². The molecule has 1 amide bonds. The Hall–Kier alpha value is -2.91. The number of amides is 1. The molecule has 3 aromatic rings. The van der Waals surface area contributed by atoms with Crippen LogP contribution in [-0.2, 0) is 11.3 Å². The van der Waals surface area contributed by atoms with E-state index in [4.69, 9.17) is 10.00 Å². The van der Waals surface area contributed by atoms with Crippen LogP contribution < -0.4 is 4.74 Å². The molecule has 126 valence electrons. The number of ether oxygens (including phenoxy) is 1. The van der Waals surface area contributed by atoms with Gasteiger partial charge >= 0.3 is 0 Å². The molecule has 25 heavy (non-hydrogen) atoms. The highest BCUT2D eigenvalue weighted by molar-refractivity contribution is 7.18. The summed E-state index contributed by atoms with van der Waals surface area (Å²) in [7, 11) is 1.74. The van der Waals surface area contributed by atoms with Gasteiger partial charge < -0.3 is 9.64 Å². The number of hydrogen-bond acceptors (Lipinski definition) is 5. The number of hydrogen-bond donors (Lipinski definition) is 0. The maximum atomic E-state index is 12.5. The normalized spacial score (nSPS) is 11.7. The number of nitriles is 1. The van der Waals surface area contributed by atoms with Gasteiger partial charge in [-0.05, 0) is 43.3 Å². The maximum Gasteiger partial charge on any atom is 0.263 e. The molecule has 0 saturated heterocycles. The molecule has 1 atom stereocenters. The van der Waals surface area contributed by atoms with E-state index in [2.05, 4.69) is 11.1 Å². The molecule has 3 rings (SSSR count). The number of nitrogens with zero attached hydrogens (tertiary/aromatic N) is 3. The van der Waals surface area contributed by atoms with Crippen molar-refractivity contribution in [2.24, 2.45) is 0 Å². The van der Waals surface area contributed by atoms with Crippen molar-refractivity contribution in [2.75, 3.05) is 7.05 Å². The zero-order valence-electron chi connectivity index (χ0n) is 14.0. The summed E-state index contributed by atoms with van der Waals surface area (Å²) in [4.78, 5) is 18.7. The van der Waals surface area contributed by atoms with Crippen LogP contribution in [0.2, 0.25) is 0 Å². The Morgan fingerprint density at radius 1 is 1.28 bits per heavy atom. The lowest BCUT2D eigenvalue weighted by molar-refractivity contribution is -0.137. The summed E-state index contributed by atoms with van der Waals surface area (Å²) in [5.41, 5.74) is 1.50. The van der Waals surface area contributed by atoms with Crippen LogP contribution in [0.1, 0.15) is 17.5 Å². The summed E-state index contributed by atoms with van der Waals surface area (Å²) < 4.78 is 6.79. The highest BCUT2D eigenvalue weighted by atomic mass is 32.1. The minimum Gasteiger partial charge on any atom is -0.481 e. The second-order valence-corrected chi connectivity index (χ2v) is 6.78. The van der Waals surface area contributed by atoms with Gasteiger partial charge in [0.25, 0.3) is 5.91 Å². The first-order chi connectivity index (χ1) is 12.1. The van der Waals surface area contributed by atoms with Gasteiger partial charge in [0, 0.05) is 7.05 Å². The molecule has 0 radical (unpaired) electrons. The van der Waals surface area contributed by atoms with Crippen molar-refractivity contribution in [3.63, 3.8) is 0 Å². The molecular weight excluding hydrogens is 334 g/mol. The van der Waals surface area contributed by atoms with E-state index in [-0.39, 0.29) is 5.91 Å². The van der Waals surface area contributed by atoms with Crippen molar-refractivity contribution in [3.05, 3.63) is 59.1 Å². The van der Waals surface area contributed by atoms with Gasteiger partial charge in [-0.15, -0.1) is 11.3 Å². The molecule has 0 saturated carbocycles. The van der Waals surface area contributed by atoms with Crippen LogP contribution in [-0.4, -0.2) is 28.9 Å². The van der Waals surface area contributed by atoms with Gasteiger partial charge in [-0.1, -0.05) is 12.1 Å². The van der Waals surface area contributed by atoms with Gasteiger partial charge in [0.1, 0.15) is 10.8 Å². The average Bonchev–Trinajstić information content (AvgIpc) is 3.03. The zero-order chi connectivity index (χ0) is 17.8. The number of fused-ring (bicyclic) bond motifs is 1. The van der Waals surface area contributed by atoms with Crippen molar-refractivity contribution in [3.8, 4) is 11.8 Å². The van der Waals surface area contributed by atoms with Crippen LogP contribution in [0.3, 0.4) is 0 Å². The second kappa shape index (κ2) is 7.32. The van der Waals surface area contributed by atoms with Crippen molar-refractivity contribution >= 4 is 27.5 Å². The minimum absolute atomic E-state index is 0.122. The van der Waals surface area contributed by atoms with E-state index < -0.39 is 6.10 Å². The first kappa shape index (κ1) is 16.9. The first-order valence-corrected chi connectivity index (χ1v) is 8.64. The van der Waals surface area contributed by atoms with E-state index >= 15 is 0 Å². The number of aromatic nitrogens is 1. The van der Waals surface area contributed by atoms with Gasteiger partial charge in [-0.2, -0.15) is 5.26 Å². The Morgan fingerprint density at radius 2 is 2.00 bits per heavy atom. The quantitative estimate of drug-likeness (QED) is 0.704. The van der Waals surface area contributed by atoms with E-state index in [1.165, 1.54) is 0 Å². The second-order valence-electron chi connectivity index (χ2n) is 5.67. The predicted octanol–water partition coefficient (Wildman–Crippen LogP) is 3.59. The number of carbonyl (C=O) groups excluding carboxylic acids is 1. The lowest BCUT2D eigenvalue weighted by atomic mass is 10.2. The van der Waals surface area contributed by atoms with E-state index in [0.29, 0.717) is 17.9 Å². The van der Waals surface area contributed by atoms with Crippen LogP contribution in [0.5, 0.6) is 5.75 Å². The molecule has 0 fully saturated rings. The van der Waals surface area contributed by atoms with Crippen molar-refractivity contribution < 1.29 is 9.53 Å². The van der Waals surface area contributed by atoms with Crippen LogP contribution in [0.4, 0.5) is 0 Å². The summed E-state index contributed by atoms with van der Waals surface area (Å²) in [6.07, 6.45) is -0.618. The van der Waals surface area contributed by atoms with Gasteiger partial charge in [-0.25, -0.2) is 4.98 Å². The van der Waals surface area contributed by atoms with Crippen molar-refractivity contribution in [2.45, 2.75) is 19.6 Å². The van der Waals surface area contributed by atoms with Crippen molar-refractivity contribution in [1.82, 2.24) is 9.88 Å². The van der Waals surface area contributed by atoms with Crippen LogP contribution >= 0.6 is 11.3 Å². The average molecular weight is 351 g/mol. The third kappa shape index (κ3) is 3.95. The Labute approximate surface area is 150 Å². The highest BCUT2D eigenvalue weighted by Gasteiger charge is 2.20. The monoisotopic (exact) mass is 351 g/mol. The fourth-order valence-corrected chi connectivity index (χ4v) is 3.46. The molecule has 0 bridgehead atoms. The van der Waals surface area contributed by atoms with E-state index in [1.807, 2.05) is 24.3 Å². The van der Waals surface area contributed by atoms with Crippen LogP contribution in [0, 0.1) is 11.3 Å². The summed E-state index contributed by atoms with van der Waals surface area (Å²) in [5, 5.41) is 9.70. The van der Waals surface area contributed by atoms with Crippen LogP contribution in [0.15, 0.2) is 48.5 Å². The number of thiazole rings is 1. The van der Waals surface area contributed by atoms with Gasteiger partial charge in [0.2, 0.25) is 0 Å². The van der Waals surface area contributed by atoms with E-state index in [9.17, 15) is 4.79 Å². The third-order valence-electron chi connectivity index (χ3n) is 3.73. The summed E-state index contributed by atoms with van der Waals surface area (Å²) in [5.74, 6) is 0.442. The minimum atomic E-state index is -0.618. The van der Waals surface area contributed by atoms with Crippen LogP contribution in [0.25, 0.3) is 10.2 Å². The Balaban J connectivity index is 1.63. The Kier molecular flexibility index (Phi) is 4.96. The largest absolute Gasteiger partial charge is 0.481 e.